The number of alkyl halides is 3. The van der Waals surface area contributed by atoms with E-state index in [1.807, 2.05) is 0 Å². The third-order valence-corrected chi connectivity index (χ3v) is 3.94. The lowest BCUT2D eigenvalue weighted by molar-refractivity contribution is -0.141. The summed E-state index contributed by atoms with van der Waals surface area (Å²) in [6.45, 7) is 0.780. The van der Waals surface area contributed by atoms with Gasteiger partial charge in [0.1, 0.15) is 11.4 Å². The minimum atomic E-state index is -4.44. The Kier molecular flexibility index (Phi) is 5.68. The Hall–Kier alpha value is -1.99. The summed E-state index contributed by atoms with van der Waals surface area (Å²) in [5.41, 5.74) is 4.00. The largest absolute Gasteiger partial charge is 0.492 e. The van der Waals surface area contributed by atoms with Gasteiger partial charge in [-0.2, -0.15) is 13.2 Å². The Bertz CT molecular complexity index is 512. The van der Waals surface area contributed by atoms with Gasteiger partial charge in [0.15, 0.2) is 0 Å². The van der Waals surface area contributed by atoms with E-state index >= 15 is 0 Å². The molecule has 0 aliphatic heterocycles. The highest BCUT2D eigenvalue weighted by atomic mass is 19.4. The molecule has 1 aromatic rings. The van der Waals surface area contributed by atoms with Gasteiger partial charge in [0.25, 0.3) is 0 Å². The van der Waals surface area contributed by atoms with Crippen LogP contribution in [0.2, 0.25) is 0 Å². The van der Waals surface area contributed by atoms with E-state index in [9.17, 15) is 18.0 Å². The Balaban J connectivity index is 1.72. The molecule has 1 amide bonds. The van der Waals surface area contributed by atoms with Gasteiger partial charge >= 0.3 is 12.3 Å². The fraction of sp³-hybridized carbons (Fsp3) is 0.600. The van der Waals surface area contributed by atoms with Crippen LogP contribution in [0.25, 0.3) is 0 Å². The third-order valence-electron chi connectivity index (χ3n) is 3.94. The van der Waals surface area contributed by atoms with Crippen LogP contribution < -0.4 is 10.5 Å². The first-order valence-electron chi connectivity index (χ1n) is 7.43. The summed E-state index contributed by atoms with van der Waals surface area (Å²) in [6, 6.07) is 2.19. The van der Waals surface area contributed by atoms with Gasteiger partial charge in [-0.3, -0.25) is 0 Å². The molecule has 0 atom stereocenters. The number of nitrogens with zero attached hydrogens (tertiary/aromatic N) is 1. The summed E-state index contributed by atoms with van der Waals surface area (Å²) < 4.78 is 47.5. The molecular weight excluding hydrogens is 313 g/mol. The molecule has 0 spiro atoms. The predicted octanol–water partition coefficient (Wildman–Crippen LogP) is 3.38. The van der Waals surface area contributed by atoms with Gasteiger partial charge in [-0.15, -0.1) is 0 Å². The second-order valence-electron chi connectivity index (χ2n) is 5.70. The van der Waals surface area contributed by atoms with E-state index < -0.39 is 18.0 Å². The van der Waals surface area contributed by atoms with E-state index in [1.165, 1.54) is 6.07 Å². The van der Waals surface area contributed by atoms with E-state index in [0.717, 1.165) is 37.9 Å². The molecule has 2 N–H and O–H groups in total. The standard InChI is InChI=1S/C15H19F3N2O3/c16-15(17,18)13-6-5-12(7-20-13)22-8-10-1-3-11(4-2-10)9-23-14(19)21/h5-7,10-11H,1-4,8-9H2,(H2,19,21)/t10-,11-. The number of hydrogen-bond donors (Lipinski definition) is 1. The van der Waals surface area contributed by atoms with Gasteiger partial charge in [0, 0.05) is 0 Å². The lowest BCUT2D eigenvalue weighted by atomic mass is 9.83. The van der Waals surface area contributed by atoms with Crippen LogP contribution in [-0.2, 0) is 10.9 Å². The minimum Gasteiger partial charge on any atom is -0.492 e. The Morgan fingerprint density at radius 2 is 1.78 bits per heavy atom. The Morgan fingerprint density at radius 1 is 1.17 bits per heavy atom. The first-order valence-corrected chi connectivity index (χ1v) is 7.43. The number of nitrogens with two attached hydrogens (primary N) is 1. The number of carbonyl (C=O) groups is 1. The molecule has 128 valence electrons. The van der Waals surface area contributed by atoms with Crippen LogP contribution >= 0.6 is 0 Å². The van der Waals surface area contributed by atoms with Gasteiger partial charge in [-0.1, -0.05) is 0 Å². The third kappa shape index (κ3) is 5.61. The van der Waals surface area contributed by atoms with Crippen molar-refractivity contribution in [2.45, 2.75) is 31.9 Å². The van der Waals surface area contributed by atoms with Gasteiger partial charge < -0.3 is 15.2 Å². The Labute approximate surface area is 132 Å². The first kappa shape index (κ1) is 17.4. The lowest BCUT2D eigenvalue weighted by Crippen LogP contribution is -2.25. The van der Waals surface area contributed by atoms with Gasteiger partial charge in [0.05, 0.1) is 19.4 Å². The van der Waals surface area contributed by atoms with Crippen molar-refractivity contribution in [3.63, 3.8) is 0 Å². The molecule has 0 radical (unpaired) electrons. The van der Waals surface area contributed by atoms with Crippen LogP contribution in [0.15, 0.2) is 18.3 Å². The van der Waals surface area contributed by atoms with Crippen LogP contribution in [0.1, 0.15) is 31.4 Å². The molecule has 23 heavy (non-hydrogen) atoms. The predicted molar refractivity (Wildman–Crippen MR) is 75.7 cm³/mol. The smallest absolute Gasteiger partial charge is 0.433 e. The number of primary amides is 1. The van der Waals surface area contributed by atoms with Crippen LogP contribution in [0.5, 0.6) is 5.75 Å². The molecule has 1 aliphatic rings. The second-order valence-corrected chi connectivity index (χ2v) is 5.70. The van der Waals surface area contributed by atoms with Crippen molar-refractivity contribution >= 4 is 6.09 Å². The maximum absolute atomic E-state index is 12.4. The summed E-state index contributed by atoms with van der Waals surface area (Å²) in [5, 5.41) is 0. The maximum atomic E-state index is 12.4. The van der Waals surface area contributed by atoms with E-state index in [4.69, 9.17) is 15.2 Å². The number of aromatic nitrogens is 1. The van der Waals surface area contributed by atoms with Gasteiger partial charge in [0.2, 0.25) is 0 Å². The number of carbonyl (C=O) groups excluding carboxylic acids is 1. The van der Waals surface area contributed by atoms with E-state index in [2.05, 4.69) is 4.98 Å². The van der Waals surface area contributed by atoms with E-state index in [0.29, 0.717) is 30.8 Å². The first-order chi connectivity index (χ1) is 10.8. The van der Waals surface area contributed by atoms with Crippen LogP contribution in [0, 0.1) is 11.8 Å². The van der Waals surface area contributed by atoms with Gasteiger partial charge in [-0.25, -0.2) is 9.78 Å². The zero-order chi connectivity index (χ0) is 16.9. The monoisotopic (exact) mass is 332 g/mol. The van der Waals surface area contributed by atoms with Crippen molar-refractivity contribution in [3.05, 3.63) is 24.0 Å². The molecule has 1 aromatic heterocycles. The van der Waals surface area contributed by atoms with Crippen molar-refractivity contribution in [2.24, 2.45) is 17.6 Å². The summed E-state index contributed by atoms with van der Waals surface area (Å²) in [5.74, 6) is 0.978. The molecule has 5 nitrogen and oxygen atoms in total. The fourth-order valence-electron chi connectivity index (χ4n) is 2.61. The average molecular weight is 332 g/mol. The minimum absolute atomic E-state index is 0.312. The van der Waals surface area contributed by atoms with Gasteiger partial charge in [-0.05, 0) is 49.7 Å². The molecule has 2 rings (SSSR count). The molecule has 0 aromatic carbocycles. The molecule has 0 bridgehead atoms. The average Bonchev–Trinajstić information content (AvgIpc) is 2.51. The van der Waals surface area contributed by atoms with Crippen LogP contribution in [0.4, 0.5) is 18.0 Å². The van der Waals surface area contributed by atoms with Crippen molar-refractivity contribution < 1.29 is 27.4 Å². The van der Waals surface area contributed by atoms with Crippen molar-refractivity contribution in [1.29, 1.82) is 0 Å². The molecule has 1 fully saturated rings. The number of amides is 1. The molecule has 0 unspecified atom stereocenters. The number of hydrogen-bond acceptors (Lipinski definition) is 4. The number of ether oxygens (including phenoxy) is 2. The molecule has 8 heteroatoms. The zero-order valence-corrected chi connectivity index (χ0v) is 12.5. The number of rotatable bonds is 5. The van der Waals surface area contributed by atoms with E-state index in [1.54, 1.807) is 0 Å². The zero-order valence-electron chi connectivity index (χ0n) is 12.5. The normalized spacial score (nSPS) is 21.7. The molecule has 1 aliphatic carbocycles. The maximum Gasteiger partial charge on any atom is 0.433 e. The Morgan fingerprint density at radius 3 is 2.26 bits per heavy atom. The quantitative estimate of drug-likeness (QED) is 0.897. The van der Waals surface area contributed by atoms with Crippen molar-refractivity contribution in [2.75, 3.05) is 13.2 Å². The van der Waals surface area contributed by atoms with E-state index in [-0.39, 0.29) is 0 Å². The number of halogens is 3. The summed E-state index contributed by atoms with van der Waals surface area (Å²) in [4.78, 5) is 13.9. The lowest BCUT2D eigenvalue weighted by Gasteiger charge is -2.27. The van der Waals surface area contributed by atoms with Crippen LogP contribution in [0.3, 0.4) is 0 Å². The summed E-state index contributed by atoms with van der Waals surface area (Å²) in [6.07, 6.45) is -0.454. The molecular formula is C15H19F3N2O3. The molecule has 1 saturated carbocycles. The number of pyridine rings is 1. The SMILES string of the molecule is NC(=O)OC[C@H]1CC[C@H](COc2ccc(C(F)(F)F)nc2)CC1. The van der Waals surface area contributed by atoms with Crippen molar-refractivity contribution in [1.82, 2.24) is 4.98 Å². The second kappa shape index (κ2) is 7.52. The highest BCUT2D eigenvalue weighted by Crippen LogP contribution is 2.30. The fourth-order valence-corrected chi connectivity index (χ4v) is 2.61. The highest BCUT2D eigenvalue weighted by molar-refractivity contribution is 5.64. The van der Waals surface area contributed by atoms with Crippen molar-refractivity contribution in [3.8, 4) is 5.75 Å². The topological polar surface area (TPSA) is 74.4 Å². The molecule has 1 heterocycles. The van der Waals surface area contributed by atoms with Crippen LogP contribution in [-0.4, -0.2) is 24.3 Å². The molecule has 0 saturated heterocycles. The summed E-state index contributed by atoms with van der Waals surface area (Å²) >= 11 is 0. The highest BCUT2D eigenvalue weighted by Gasteiger charge is 2.32. The summed E-state index contributed by atoms with van der Waals surface area (Å²) in [7, 11) is 0.